The summed E-state index contributed by atoms with van der Waals surface area (Å²) in [6, 6.07) is 0.681. The van der Waals surface area contributed by atoms with Crippen molar-refractivity contribution in [1.82, 2.24) is 5.32 Å². The van der Waals surface area contributed by atoms with Crippen molar-refractivity contribution in [2.75, 3.05) is 6.54 Å². The van der Waals surface area contributed by atoms with Gasteiger partial charge in [-0.15, -0.1) is 0 Å². The maximum atomic E-state index is 3.40. The van der Waals surface area contributed by atoms with Gasteiger partial charge in [0.15, 0.2) is 0 Å². The van der Waals surface area contributed by atoms with Gasteiger partial charge in [-0.2, -0.15) is 0 Å². The molecule has 1 N–H and O–H groups in total. The van der Waals surface area contributed by atoms with E-state index in [1.807, 2.05) is 27.7 Å². The van der Waals surface area contributed by atoms with Crippen LogP contribution in [0.25, 0.3) is 0 Å². The molecule has 0 rings (SSSR count). The maximum Gasteiger partial charge on any atom is 0.00641 e. The molecule has 1 nitrogen and oxygen atoms in total. The lowest BCUT2D eigenvalue weighted by molar-refractivity contribution is 0.398. The molecule has 0 aliphatic heterocycles. The Kier molecular flexibility index (Phi) is 25.7. The molecule has 0 aliphatic carbocycles. The predicted octanol–water partition coefficient (Wildman–Crippen LogP) is 4.08. The van der Waals surface area contributed by atoms with Crippen LogP contribution in [0.1, 0.15) is 61.8 Å². The molecule has 0 radical (unpaired) electrons. The van der Waals surface area contributed by atoms with Crippen LogP contribution in [0.3, 0.4) is 0 Å². The van der Waals surface area contributed by atoms with Crippen molar-refractivity contribution < 1.29 is 0 Å². The number of nitrogens with one attached hydrogen (secondary N) is 1. The van der Waals surface area contributed by atoms with Gasteiger partial charge < -0.3 is 5.32 Å². The highest BCUT2D eigenvalue weighted by molar-refractivity contribution is 4.65. The van der Waals surface area contributed by atoms with Crippen molar-refractivity contribution in [3.8, 4) is 0 Å². The Balaban J connectivity index is -0.000000218. The van der Waals surface area contributed by atoms with Gasteiger partial charge in [0.05, 0.1) is 0 Å². The van der Waals surface area contributed by atoms with Gasteiger partial charge in [-0.3, -0.25) is 0 Å². The second kappa shape index (κ2) is 17.9. The van der Waals surface area contributed by atoms with Crippen LogP contribution in [0.5, 0.6) is 0 Å². The first-order valence-electron chi connectivity index (χ1n) is 5.95. The van der Waals surface area contributed by atoms with E-state index in [2.05, 4.69) is 33.0 Å². The fraction of sp³-hybridized carbons (Fsp3) is 1.00. The van der Waals surface area contributed by atoms with Crippen LogP contribution in [0.2, 0.25) is 0 Å². The molecule has 0 saturated carbocycles. The summed E-state index contributed by atoms with van der Waals surface area (Å²) in [6.07, 6.45) is 1.27. The van der Waals surface area contributed by atoms with Gasteiger partial charge in [-0.25, -0.2) is 0 Å². The summed E-state index contributed by atoms with van der Waals surface area (Å²) < 4.78 is 0. The van der Waals surface area contributed by atoms with E-state index in [0.29, 0.717) is 6.04 Å². The minimum atomic E-state index is 0.681. The lowest BCUT2D eigenvalue weighted by Crippen LogP contribution is -2.31. The maximum absolute atomic E-state index is 3.40. The Bertz CT molecular complexity index is 62.1. The van der Waals surface area contributed by atoms with E-state index in [-0.39, 0.29) is 0 Å². The Morgan fingerprint density at radius 1 is 0.923 bits per heavy atom. The van der Waals surface area contributed by atoms with E-state index in [0.717, 1.165) is 12.5 Å². The number of hydrogen-bond donors (Lipinski definition) is 1. The molecule has 13 heavy (non-hydrogen) atoms. The van der Waals surface area contributed by atoms with Crippen LogP contribution >= 0.6 is 0 Å². The average Bonchev–Trinajstić information content (AvgIpc) is 2.23. The van der Waals surface area contributed by atoms with Crippen LogP contribution in [-0.2, 0) is 0 Å². The van der Waals surface area contributed by atoms with Crippen molar-refractivity contribution in [3.05, 3.63) is 0 Å². The zero-order chi connectivity index (χ0) is 11.3. The first kappa shape index (κ1) is 18.7. The number of rotatable bonds is 4. The summed E-state index contributed by atoms with van der Waals surface area (Å²) in [4.78, 5) is 0. The van der Waals surface area contributed by atoms with Gasteiger partial charge in [0.2, 0.25) is 0 Å². The van der Waals surface area contributed by atoms with E-state index >= 15 is 0 Å². The van der Waals surface area contributed by atoms with Gasteiger partial charge in [0.25, 0.3) is 0 Å². The minimum Gasteiger partial charge on any atom is -0.314 e. The average molecular weight is 189 g/mol. The Morgan fingerprint density at radius 2 is 1.31 bits per heavy atom. The molecule has 0 aliphatic rings. The quantitative estimate of drug-likeness (QED) is 0.702. The summed E-state index contributed by atoms with van der Waals surface area (Å²) >= 11 is 0. The molecule has 84 valence electrons. The SMILES string of the molecule is CC.CC.CCNC(C)C(C)CC. The van der Waals surface area contributed by atoms with Crippen molar-refractivity contribution in [2.24, 2.45) is 5.92 Å². The zero-order valence-electron chi connectivity index (χ0n) is 11.1. The highest BCUT2D eigenvalue weighted by atomic mass is 14.9. The Labute approximate surface area is 86.3 Å². The van der Waals surface area contributed by atoms with E-state index in [1.54, 1.807) is 0 Å². The van der Waals surface area contributed by atoms with Crippen LogP contribution in [0.15, 0.2) is 0 Å². The molecule has 1 heteroatoms. The molecule has 2 atom stereocenters. The van der Waals surface area contributed by atoms with Crippen molar-refractivity contribution in [1.29, 1.82) is 0 Å². The van der Waals surface area contributed by atoms with Crippen LogP contribution in [0.4, 0.5) is 0 Å². The largest absolute Gasteiger partial charge is 0.314 e. The zero-order valence-corrected chi connectivity index (χ0v) is 11.1. The van der Waals surface area contributed by atoms with E-state index in [1.165, 1.54) is 6.42 Å². The standard InChI is InChI=1S/C8H19N.2C2H6/c1-5-7(3)8(4)9-6-2;2*1-2/h7-9H,5-6H2,1-4H3;2*1-2H3. The monoisotopic (exact) mass is 189 g/mol. The summed E-state index contributed by atoms with van der Waals surface area (Å²) in [5, 5.41) is 3.40. The van der Waals surface area contributed by atoms with E-state index in [4.69, 9.17) is 0 Å². The van der Waals surface area contributed by atoms with Gasteiger partial charge in [-0.1, -0.05) is 54.9 Å². The first-order valence-corrected chi connectivity index (χ1v) is 5.95. The molecule has 0 heterocycles. The number of hydrogen-bond acceptors (Lipinski definition) is 1. The normalized spacial score (nSPS) is 12.9. The fourth-order valence-corrected chi connectivity index (χ4v) is 0.877. The summed E-state index contributed by atoms with van der Waals surface area (Å²) in [5.41, 5.74) is 0. The van der Waals surface area contributed by atoms with Gasteiger partial charge in [-0.05, 0) is 19.4 Å². The first-order chi connectivity index (χ1) is 6.22. The van der Waals surface area contributed by atoms with Crippen molar-refractivity contribution >= 4 is 0 Å². The second-order valence-electron chi connectivity index (χ2n) is 2.73. The highest BCUT2D eigenvalue weighted by Crippen LogP contribution is 2.05. The molecule has 0 spiro atoms. The van der Waals surface area contributed by atoms with Crippen LogP contribution in [0, 0.1) is 5.92 Å². The van der Waals surface area contributed by atoms with Gasteiger partial charge in [0.1, 0.15) is 0 Å². The van der Waals surface area contributed by atoms with E-state index < -0.39 is 0 Å². The molecule has 0 bridgehead atoms. The smallest absolute Gasteiger partial charge is 0.00641 e. The molecular weight excluding hydrogens is 158 g/mol. The summed E-state index contributed by atoms with van der Waals surface area (Å²) in [5.74, 6) is 0.810. The Morgan fingerprint density at radius 3 is 1.54 bits per heavy atom. The predicted molar refractivity (Wildman–Crippen MR) is 65.3 cm³/mol. The molecular formula is C12H31N. The topological polar surface area (TPSA) is 12.0 Å². The third-order valence-electron chi connectivity index (χ3n) is 2.02. The third kappa shape index (κ3) is 14.8. The third-order valence-corrected chi connectivity index (χ3v) is 2.02. The molecule has 2 unspecified atom stereocenters. The molecule has 0 amide bonds. The molecule has 0 fully saturated rings. The Hall–Kier alpha value is -0.0400. The van der Waals surface area contributed by atoms with Crippen LogP contribution in [-0.4, -0.2) is 12.6 Å². The van der Waals surface area contributed by atoms with Crippen molar-refractivity contribution in [2.45, 2.75) is 67.9 Å². The lowest BCUT2D eigenvalue weighted by Gasteiger charge is -2.18. The molecule has 0 aromatic carbocycles. The molecule has 0 saturated heterocycles. The molecule has 0 aromatic rings. The van der Waals surface area contributed by atoms with E-state index in [9.17, 15) is 0 Å². The van der Waals surface area contributed by atoms with Crippen LogP contribution < -0.4 is 5.32 Å². The van der Waals surface area contributed by atoms with Gasteiger partial charge >= 0.3 is 0 Å². The summed E-state index contributed by atoms with van der Waals surface area (Å²) in [6.45, 7) is 18.0. The van der Waals surface area contributed by atoms with Gasteiger partial charge in [0, 0.05) is 6.04 Å². The van der Waals surface area contributed by atoms with Crippen molar-refractivity contribution in [3.63, 3.8) is 0 Å². The molecule has 0 aromatic heterocycles. The minimum absolute atomic E-state index is 0.681. The lowest BCUT2D eigenvalue weighted by atomic mass is 10.0. The second-order valence-corrected chi connectivity index (χ2v) is 2.73. The summed E-state index contributed by atoms with van der Waals surface area (Å²) in [7, 11) is 0. The fourth-order valence-electron chi connectivity index (χ4n) is 0.877. The highest BCUT2D eigenvalue weighted by Gasteiger charge is 2.06.